The summed E-state index contributed by atoms with van der Waals surface area (Å²) in [4.78, 5) is 25.9. The van der Waals surface area contributed by atoms with Crippen molar-refractivity contribution in [3.8, 4) is 17.2 Å². The van der Waals surface area contributed by atoms with E-state index in [0.29, 0.717) is 28.6 Å². The zero-order valence-electron chi connectivity index (χ0n) is 15.9. The fourth-order valence-corrected chi connectivity index (χ4v) is 2.65. The lowest BCUT2D eigenvalue weighted by Gasteiger charge is -2.23. The van der Waals surface area contributed by atoms with E-state index in [0.717, 1.165) is 0 Å². The SMILES string of the molecule is COc1ccc(NC(=O)CCN(C(C)=O)c2ccccc2OC)cc1OC. The molecule has 0 aliphatic rings. The zero-order valence-corrected chi connectivity index (χ0v) is 15.9. The summed E-state index contributed by atoms with van der Waals surface area (Å²) in [5, 5.41) is 2.80. The Morgan fingerprint density at radius 3 is 2.22 bits per heavy atom. The van der Waals surface area contributed by atoms with E-state index < -0.39 is 0 Å². The fourth-order valence-electron chi connectivity index (χ4n) is 2.65. The maximum atomic E-state index is 12.3. The molecule has 0 aromatic heterocycles. The lowest BCUT2D eigenvalue weighted by Crippen LogP contribution is -2.32. The van der Waals surface area contributed by atoms with E-state index in [1.54, 1.807) is 44.6 Å². The van der Waals surface area contributed by atoms with E-state index in [1.165, 1.54) is 18.9 Å². The monoisotopic (exact) mass is 372 g/mol. The van der Waals surface area contributed by atoms with Crippen LogP contribution in [0.1, 0.15) is 13.3 Å². The van der Waals surface area contributed by atoms with Crippen LogP contribution in [0.25, 0.3) is 0 Å². The molecule has 2 aromatic carbocycles. The van der Waals surface area contributed by atoms with E-state index in [1.807, 2.05) is 12.1 Å². The van der Waals surface area contributed by atoms with Gasteiger partial charge in [0, 0.05) is 31.6 Å². The molecule has 1 N–H and O–H groups in total. The minimum Gasteiger partial charge on any atom is -0.495 e. The predicted octanol–water partition coefficient (Wildman–Crippen LogP) is 3.09. The van der Waals surface area contributed by atoms with E-state index in [9.17, 15) is 9.59 Å². The van der Waals surface area contributed by atoms with Crippen molar-refractivity contribution in [2.45, 2.75) is 13.3 Å². The number of amides is 2. The zero-order chi connectivity index (χ0) is 19.8. The highest BCUT2D eigenvalue weighted by Crippen LogP contribution is 2.30. The molecule has 0 aliphatic heterocycles. The van der Waals surface area contributed by atoms with Gasteiger partial charge in [0.25, 0.3) is 0 Å². The summed E-state index contributed by atoms with van der Waals surface area (Å²) in [5.74, 6) is 1.29. The molecule has 0 heterocycles. The van der Waals surface area contributed by atoms with Crippen LogP contribution >= 0.6 is 0 Å². The second kappa shape index (κ2) is 9.47. The number of nitrogens with zero attached hydrogens (tertiary/aromatic N) is 1. The van der Waals surface area contributed by atoms with Crippen LogP contribution in [0, 0.1) is 0 Å². The van der Waals surface area contributed by atoms with Crippen molar-refractivity contribution in [2.24, 2.45) is 0 Å². The highest BCUT2D eigenvalue weighted by atomic mass is 16.5. The van der Waals surface area contributed by atoms with Gasteiger partial charge in [0.1, 0.15) is 5.75 Å². The van der Waals surface area contributed by atoms with Gasteiger partial charge >= 0.3 is 0 Å². The van der Waals surface area contributed by atoms with E-state index >= 15 is 0 Å². The molecule has 2 rings (SSSR count). The minimum atomic E-state index is -0.219. The van der Waals surface area contributed by atoms with Gasteiger partial charge in [-0.15, -0.1) is 0 Å². The first-order valence-electron chi connectivity index (χ1n) is 8.43. The van der Waals surface area contributed by atoms with Crippen molar-refractivity contribution in [2.75, 3.05) is 38.1 Å². The van der Waals surface area contributed by atoms with E-state index in [4.69, 9.17) is 14.2 Å². The molecular weight excluding hydrogens is 348 g/mol. The Kier molecular flexibility index (Phi) is 7.05. The molecule has 27 heavy (non-hydrogen) atoms. The number of nitrogens with one attached hydrogen (secondary N) is 1. The third kappa shape index (κ3) is 5.13. The third-order valence-electron chi connectivity index (χ3n) is 3.99. The van der Waals surface area contributed by atoms with Gasteiger partial charge in [-0.25, -0.2) is 0 Å². The first kappa shape index (κ1) is 20.1. The lowest BCUT2D eigenvalue weighted by atomic mass is 10.2. The molecule has 0 spiro atoms. The molecule has 0 bridgehead atoms. The number of para-hydroxylation sites is 2. The molecule has 2 aromatic rings. The van der Waals surface area contributed by atoms with Crippen LogP contribution in [0.4, 0.5) is 11.4 Å². The van der Waals surface area contributed by atoms with Crippen LogP contribution in [-0.2, 0) is 9.59 Å². The molecule has 0 fully saturated rings. The Morgan fingerprint density at radius 1 is 0.926 bits per heavy atom. The van der Waals surface area contributed by atoms with Gasteiger partial charge in [0.15, 0.2) is 11.5 Å². The average molecular weight is 372 g/mol. The largest absolute Gasteiger partial charge is 0.495 e. The Balaban J connectivity index is 2.05. The van der Waals surface area contributed by atoms with Crippen molar-refractivity contribution in [3.05, 3.63) is 42.5 Å². The van der Waals surface area contributed by atoms with Crippen molar-refractivity contribution in [1.82, 2.24) is 0 Å². The highest BCUT2D eigenvalue weighted by molar-refractivity contribution is 5.95. The Morgan fingerprint density at radius 2 is 1.59 bits per heavy atom. The second-order valence-corrected chi connectivity index (χ2v) is 5.71. The van der Waals surface area contributed by atoms with Crippen LogP contribution in [0.2, 0.25) is 0 Å². The molecule has 0 unspecified atom stereocenters. The fraction of sp³-hybridized carbons (Fsp3) is 0.300. The maximum Gasteiger partial charge on any atom is 0.226 e. The molecule has 2 amide bonds. The van der Waals surface area contributed by atoms with Crippen LogP contribution in [0.3, 0.4) is 0 Å². The standard InChI is InChI=1S/C20H24N2O5/c1-14(23)22(16-7-5-6-8-17(16)25-2)12-11-20(24)21-15-9-10-18(26-3)19(13-15)27-4/h5-10,13H,11-12H2,1-4H3,(H,21,24). The molecule has 7 nitrogen and oxygen atoms in total. The van der Waals surface area contributed by atoms with E-state index in [2.05, 4.69) is 5.32 Å². The van der Waals surface area contributed by atoms with Crippen molar-refractivity contribution >= 4 is 23.2 Å². The number of ether oxygens (including phenoxy) is 3. The second-order valence-electron chi connectivity index (χ2n) is 5.71. The number of methoxy groups -OCH3 is 3. The van der Waals surface area contributed by atoms with Crippen LogP contribution in [-0.4, -0.2) is 39.7 Å². The number of hydrogen-bond donors (Lipinski definition) is 1. The Hall–Kier alpha value is -3.22. The van der Waals surface area contributed by atoms with Gasteiger partial charge in [-0.05, 0) is 24.3 Å². The number of rotatable bonds is 8. The molecule has 144 valence electrons. The third-order valence-corrected chi connectivity index (χ3v) is 3.99. The normalized spacial score (nSPS) is 10.1. The highest BCUT2D eigenvalue weighted by Gasteiger charge is 2.17. The van der Waals surface area contributed by atoms with Crippen molar-refractivity contribution in [1.29, 1.82) is 0 Å². The van der Waals surface area contributed by atoms with Crippen LogP contribution < -0.4 is 24.4 Å². The summed E-state index contributed by atoms with van der Waals surface area (Å²) in [7, 11) is 4.62. The summed E-state index contributed by atoms with van der Waals surface area (Å²) in [6.07, 6.45) is 0.131. The van der Waals surface area contributed by atoms with Crippen molar-refractivity contribution in [3.63, 3.8) is 0 Å². The number of hydrogen-bond acceptors (Lipinski definition) is 5. The quantitative estimate of drug-likeness (QED) is 0.770. The van der Waals surface area contributed by atoms with Gasteiger partial charge in [-0.2, -0.15) is 0 Å². The summed E-state index contributed by atoms with van der Waals surface area (Å²) in [6, 6.07) is 12.3. The number of carbonyl (C=O) groups is 2. The van der Waals surface area contributed by atoms with Gasteiger partial charge in [0.05, 0.1) is 27.0 Å². The van der Waals surface area contributed by atoms with Gasteiger partial charge in [0.2, 0.25) is 11.8 Å². The Labute approximate surface area is 158 Å². The smallest absolute Gasteiger partial charge is 0.226 e. The van der Waals surface area contributed by atoms with Gasteiger partial charge in [-0.1, -0.05) is 12.1 Å². The van der Waals surface area contributed by atoms with Crippen molar-refractivity contribution < 1.29 is 23.8 Å². The summed E-state index contributed by atoms with van der Waals surface area (Å²) >= 11 is 0. The summed E-state index contributed by atoms with van der Waals surface area (Å²) < 4.78 is 15.7. The lowest BCUT2D eigenvalue weighted by molar-refractivity contribution is -0.117. The molecule has 0 aliphatic carbocycles. The molecule has 0 saturated carbocycles. The number of anilines is 2. The topological polar surface area (TPSA) is 77.1 Å². The summed E-state index contributed by atoms with van der Waals surface area (Å²) in [5.41, 5.74) is 1.22. The summed E-state index contributed by atoms with van der Waals surface area (Å²) in [6.45, 7) is 1.69. The number of carbonyl (C=O) groups excluding carboxylic acids is 2. The molecule has 7 heteroatoms. The van der Waals surface area contributed by atoms with Gasteiger partial charge < -0.3 is 24.4 Å². The first-order chi connectivity index (χ1) is 13.0. The molecular formula is C20H24N2O5. The number of benzene rings is 2. The van der Waals surface area contributed by atoms with Gasteiger partial charge in [-0.3, -0.25) is 9.59 Å². The molecule has 0 saturated heterocycles. The Bertz CT molecular complexity index is 807. The van der Waals surface area contributed by atoms with Crippen LogP contribution in [0.5, 0.6) is 17.2 Å². The predicted molar refractivity (Wildman–Crippen MR) is 104 cm³/mol. The van der Waals surface area contributed by atoms with Crippen LogP contribution in [0.15, 0.2) is 42.5 Å². The molecule has 0 radical (unpaired) electrons. The maximum absolute atomic E-state index is 12.3. The van der Waals surface area contributed by atoms with E-state index in [-0.39, 0.29) is 24.8 Å². The molecule has 0 atom stereocenters. The average Bonchev–Trinajstić information content (AvgIpc) is 2.68. The first-order valence-corrected chi connectivity index (χ1v) is 8.43. The minimum absolute atomic E-state index is 0.131.